The Bertz CT molecular complexity index is 918. The van der Waals surface area contributed by atoms with Crippen LogP contribution in [0.15, 0.2) is 47.5 Å². The van der Waals surface area contributed by atoms with E-state index in [-0.39, 0.29) is 18.3 Å². The quantitative estimate of drug-likeness (QED) is 0.655. The van der Waals surface area contributed by atoms with Crippen molar-refractivity contribution >= 4 is 24.0 Å². The van der Waals surface area contributed by atoms with Crippen molar-refractivity contribution in [2.24, 2.45) is 5.73 Å². The van der Waals surface area contributed by atoms with Gasteiger partial charge in [-0.2, -0.15) is 4.98 Å². The van der Waals surface area contributed by atoms with Gasteiger partial charge in [-0.3, -0.25) is 4.79 Å². The van der Waals surface area contributed by atoms with Crippen molar-refractivity contribution in [3.05, 3.63) is 48.8 Å². The molecule has 28 heavy (non-hydrogen) atoms. The molecule has 2 aromatic heterocycles. The molecule has 1 fully saturated rings. The predicted octanol–water partition coefficient (Wildman–Crippen LogP) is 3.11. The number of halogens is 1. The summed E-state index contributed by atoms with van der Waals surface area (Å²) in [4.78, 5) is 20.6. The molecule has 1 saturated carbocycles. The number of aromatic nitrogens is 4. The molecule has 1 amide bonds. The molecule has 0 saturated heterocycles. The van der Waals surface area contributed by atoms with E-state index in [4.69, 9.17) is 10.3 Å². The van der Waals surface area contributed by atoms with Gasteiger partial charge in [-0.15, -0.1) is 12.4 Å². The van der Waals surface area contributed by atoms with Gasteiger partial charge in [-0.25, -0.2) is 4.98 Å². The van der Waals surface area contributed by atoms with Crippen LogP contribution in [0.2, 0.25) is 0 Å². The highest BCUT2D eigenvalue weighted by atomic mass is 35.5. The SMILES string of the molecule is Cl.NC1(c2noc(-c3cccc(NC(=O)CCn4ccnc4)c3)n2)CCCC1. The van der Waals surface area contributed by atoms with E-state index in [2.05, 4.69) is 20.4 Å². The summed E-state index contributed by atoms with van der Waals surface area (Å²) in [5.74, 6) is 0.903. The van der Waals surface area contributed by atoms with Crippen LogP contribution >= 0.6 is 12.4 Å². The van der Waals surface area contributed by atoms with Gasteiger partial charge in [0.25, 0.3) is 5.89 Å². The zero-order valence-corrected chi connectivity index (χ0v) is 16.2. The summed E-state index contributed by atoms with van der Waals surface area (Å²) >= 11 is 0. The largest absolute Gasteiger partial charge is 0.337 e. The Morgan fingerprint density at radius 2 is 2.14 bits per heavy atom. The molecule has 9 heteroatoms. The van der Waals surface area contributed by atoms with Crippen LogP contribution in [0.4, 0.5) is 5.69 Å². The fourth-order valence-electron chi connectivity index (χ4n) is 3.38. The molecule has 0 radical (unpaired) electrons. The Balaban J connectivity index is 0.00000225. The molecule has 1 aliphatic rings. The number of carbonyl (C=O) groups is 1. The Kier molecular flexibility index (Phi) is 6.11. The minimum Gasteiger partial charge on any atom is -0.337 e. The molecule has 0 spiro atoms. The molecule has 8 nitrogen and oxygen atoms in total. The van der Waals surface area contributed by atoms with Crippen molar-refractivity contribution in [2.45, 2.75) is 44.2 Å². The van der Waals surface area contributed by atoms with Gasteiger partial charge < -0.3 is 20.1 Å². The number of rotatable bonds is 6. The van der Waals surface area contributed by atoms with Crippen LogP contribution in [0.25, 0.3) is 11.5 Å². The van der Waals surface area contributed by atoms with Crippen LogP contribution in [-0.2, 0) is 16.9 Å². The van der Waals surface area contributed by atoms with Crippen LogP contribution in [-0.4, -0.2) is 25.6 Å². The lowest BCUT2D eigenvalue weighted by Gasteiger charge is -2.17. The monoisotopic (exact) mass is 402 g/mol. The van der Waals surface area contributed by atoms with Crippen molar-refractivity contribution < 1.29 is 9.32 Å². The van der Waals surface area contributed by atoms with E-state index >= 15 is 0 Å². The minimum atomic E-state index is -0.485. The van der Waals surface area contributed by atoms with Crippen molar-refractivity contribution in [1.82, 2.24) is 19.7 Å². The van der Waals surface area contributed by atoms with E-state index in [0.717, 1.165) is 31.2 Å². The number of nitrogens with two attached hydrogens (primary N) is 1. The summed E-state index contributed by atoms with van der Waals surface area (Å²) in [6.07, 6.45) is 9.49. The van der Waals surface area contributed by atoms with Gasteiger partial charge in [0, 0.05) is 36.6 Å². The Labute approximate surface area is 168 Å². The molecule has 0 atom stereocenters. The average molecular weight is 403 g/mol. The number of carbonyl (C=O) groups excluding carboxylic acids is 1. The first-order valence-electron chi connectivity index (χ1n) is 9.11. The number of benzene rings is 1. The van der Waals surface area contributed by atoms with Crippen LogP contribution in [0.1, 0.15) is 37.9 Å². The third-order valence-electron chi connectivity index (χ3n) is 4.92. The maximum atomic E-state index is 12.2. The normalized spacial score (nSPS) is 15.2. The first-order valence-corrected chi connectivity index (χ1v) is 9.11. The average Bonchev–Trinajstić information content (AvgIpc) is 3.42. The van der Waals surface area contributed by atoms with Crippen LogP contribution in [0, 0.1) is 0 Å². The second-order valence-corrected chi connectivity index (χ2v) is 6.97. The number of aryl methyl sites for hydroxylation is 1. The highest BCUT2D eigenvalue weighted by molar-refractivity contribution is 5.91. The number of amides is 1. The third kappa shape index (κ3) is 4.40. The molecule has 3 N–H and O–H groups in total. The van der Waals surface area contributed by atoms with Crippen molar-refractivity contribution in [3.8, 4) is 11.5 Å². The Morgan fingerprint density at radius 3 is 2.89 bits per heavy atom. The van der Waals surface area contributed by atoms with Gasteiger partial charge in [0.15, 0.2) is 5.82 Å². The standard InChI is InChI=1S/C19H22N6O2.ClH/c20-19(7-1-2-8-19)18-23-17(27-24-18)14-4-3-5-15(12-14)22-16(26)6-10-25-11-9-21-13-25;/h3-5,9,11-13H,1-2,6-8,10,20H2,(H,22,26);1H. The van der Waals surface area contributed by atoms with Gasteiger partial charge >= 0.3 is 0 Å². The van der Waals surface area contributed by atoms with Gasteiger partial charge in [-0.1, -0.05) is 24.1 Å². The summed E-state index contributed by atoms with van der Waals surface area (Å²) < 4.78 is 7.28. The Hall–Kier alpha value is -2.71. The molecule has 148 valence electrons. The van der Waals surface area contributed by atoms with E-state index in [1.165, 1.54) is 0 Å². The molecule has 2 heterocycles. The van der Waals surface area contributed by atoms with Crippen molar-refractivity contribution in [2.75, 3.05) is 5.32 Å². The van der Waals surface area contributed by atoms with E-state index in [1.807, 2.05) is 35.0 Å². The maximum absolute atomic E-state index is 12.2. The lowest BCUT2D eigenvalue weighted by atomic mass is 9.99. The summed E-state index contributed by atoms with van der Waals surface area (Å²) in [6, 6.07) is 7.37. The summed E-state index contributed by atoms with van der Waals surface area (Å²) in [7, 11) is 0. The molecule has 1 aliphatic carbocycles. The first-order chi connectivity index (χ1) is 13.1. The van der Waals surface area contributed by atoms with Crippen molar-refractivity contribution in [1.29, 1.82) is 0 Å². The van der Waals surface area contributed by atoms with Crippen molar-refractivity contribution in [3.63, 3.8) is 0 Å². The van der Waals surface area contributed by atoms with Gasteiger partial charge in [-0.05, 0) is 31.0 Å². The molecule has 0 bridgehead atoms. The van der Waals surface area contributed by atoms with Gasteiger partial charge in [0.05, 0.1) is 11.9 Å². The number of nitrogens with zero attached hydrogens (tertiary/aromatic N) is 4. The molecular formula is C19H23ClN6O2. The van der Waals surface area contributed by atoms with E-state index in [9.17, 15) is 4.79 Å². The smallest absolute Gasteiger partial charge is 0.258 e. The zero-order chi connectivity index (χ0) is 18.7. The second-order valence-electron chi connectivity index (χ2n) is 6.97. The summed E-state index contributed by atoms with van der Waals surface area (Å²) in [5, 5.41) is 6.98. The van der Waals surface area contributed by atoms with E-state index < -0.39 is 5.54 Å². The number of anilines is 1. The second kappa shape index (κ2) is 8.53. The van der Waals surface area contributed by atoms with E-state index in [1.54, 1.807) is 12.5 Å². The van der Waals surface area contributed by atoms with Gasteiger partial charge in [0.1, 0.15) is 0 Å². The topological polar surface area (TPSA) is 112 Å². The summed E-state index contributed by atoms with van der Waals surface area (Å²) in [6.45, 7) is 0.580. The third-order valence-corrected chi connectivity index (χ3v) is 4.92. The highest BCUT2D eigenvalue weighted by Crippen LogP contribution is 2.35. The summed E-state index contributed by atoms with van der Waals surface area (Å²) in [5.41, 5.74) is 7.35. The number of imidazole rings is 1. The maximum Gasteiger partial charge on any atom is 0.258 e. The molecule has 0 aliphatic heterocycles. The predicted molar refractivity (Wildman–Crippen MR) is 107 cm³/mol. The zero-order valence-electron chi connectivity index (χ0n) is 15.4. The van der Waals surface area contributed by atoms with Crippen LogP contribution in [0.3, 0.4) is 0 Å². The first kappa shape index (κ1) is 20.0. The van der Waals surface area contributed by atoms with Crippen LogP contribution in [0.5, 0.6) is 0 Å². The fourth-order valence-corrected chi connectivity index (χ4v) is 3.38. The molecule has 4 rings (SSSR count). The molecule has 0 unspecified atom stereocenters. The van der Waals surface area contributed by atoms with Gasteiger partial charge in [0.2, 0.25) is 5.91 Å². The molecule has 1 aromatic carbocycles. The van der Waals surface area contributed by atoms with E-state index in [0.29, 0.717) is 30.4 Å². The van der Waals surface area contributed by atoms with Crippen LogP contribution < -0.4 is 11.1 Å². The lowest BCUT2D eigenvalue weighted by molar-refractivity contribution is -0.116. The number of hydrogen-bond donors (Lipinski definition) is 2. The molecular weight excluding hydrogens is 380 g/mol. The minimum absolute atomic E-state index is 0. The number of hydrogen-bond acceptors (Lipinski definition) is 6. The number of nitrogens with one attached hydrogen (secondary N) is 1. The Morgan fingerprint density at radius 1 is 1.32 bits per heavy atom. The highest BCUT2D eigenvalue weighted by Gasteiger charge is 2.36. The lowest BCUT2D eigenvalue weighted by Crippen LogP contribution is -2.34. The molecule has 3 aromatic rings. The fraction of sp³-hybridized carbons (Fsp3) is 0.368.